The van der Waals surface area contributed by atoms with E-state index in [9.17, 15) is 14.4 Å². The van der Waals surface area contributed by atoms with E-state index in [1.807, 2.05) is 48.5 Å². The Balaban J connectivity index is 1.66. The zero-order valence-electron chi connectivity index (χ0n) is 26.9. The van der Waals surface area contributed by atoms with Gasteiger partial charge in [0, 0.05) is 12.2 Å². The van der Waals surface area contributed by atoms with Crippen LogP contribution in [0, 0.1) is 11.8 Å². The lowest BCUT2D eigenvalue weighted by molar-refractivity contribution is -0.148. The molecule has 0 saturated carbocycles. The van der Waals surface area contributed by atoms with Crippen LogP contribution < -0.4 is 9.47 Å². The van der Waals surface area contributed by atoms with Crippen LogP contribution in [0.3, 0.4) is 0 Å². The second-order valence-electron chi connectivity index (χ2n) is 11.0. The summed E-state index contributed by atoms with van der Waals surface area (Å²) in [6.45, 7) is 9.18. The molecule has 0 saturated heterocycles. The van der Waals surface area contributed by atoms with Crippen molar-refractivity contribution in [2.24, 2.45) is 11.8 Å². The fourth-order valence-corrected chi connectivity index (χ4v) is 4.34. The van der Waals surface area contributed by atoms with Crippen LogP contribution in [-0.4, -0.2) is 44.1 Å². The van der Waals surface area contributed by atoms with Crippen molar-refractivity contribution in [3.8, 4) is 11.5 Å². The van der Waals surface area contributed by atoms with Crippen molar-refractivity contribution in [3.63, 3.8) is 0 Å². The van der Waals surface area contributed by atoms with Gasteiger partial charge in [-0.3, -0.25) is 4.79 Å². The molecule has 0 aliphatic carbocycles. The van der Waals surface area contributed by atoms with Crippen molar-refractivity contribution in [2.75, 3.05) is 26.4 Å². The molecule has 0 heterocycles. The molecule has 2 aromatic rings. The van der Waals surface area contributed by atoms with Crippen LogP contribution in [0.1, 0.15) is 90.2 Å². The normalized spacial score (nSPS) is 12.6. The molecule has 0 aromatic heterocycles. The number of unbranched alkanes of at least 4 members (excludes halogenated alkanes) is 2. The zero-order valence-corrected chi connectivity index (χ0v) is 26.9. The molecule has 7 heteroatoms. The molecule has 2 rings (SSSR count). The highest BCUT2D eigenvalue weighted by Crippen LogP contribution is 2.19. The number of hydrogen-bond acceptors (Lipinski definition) is 7. The summed E-state index contributed by atoms with van der Waals surface area (Å²) in [5, 5.41) is 0. The molecule has 2 aromatic carbocycles. The maximum Gasteiger partial charge on any atom is 0.331 e. The van der Waals surface area contributed by atoms with E-state index >= 15 is 0 Å². The molecule has 0 bridgehead atoms. The van der Waals surface area contributed by atoms with Crippen LogP contribution in [0.2, 0.25) is 0 Å². The van der Waals surface area contributed by atoms with Gasteiger partial charge in [-0.25, -0.2) is 9.59 Å². The van der Waals surface area contributed by atoms with Gasteiger partial charge in [-0.15, -0.1) is 0 Å². The third-order valence-electron chi connectivity index (χ3n) is 7.39. The largest absolute Gasteiger partial charge is 0.493 e. The summed E-state index contributed by atoms with van der Waals surface area (Å²) in [6, 6.07) is 14.9. The van der Waals surface area contributed by atoms with Gasteiger partial charge in [0.15, 0.2) is 13.2 Å². The fraction of sp³-hybridized carbons (Fsp3) is 0.486. The summed E-state index contributed by atoms with van der Waals surface area (Å²) in [5.74, 6) is 0.830. The molecular weight excluding hydrogens is 556 g/mol. The van der Waals surface area contributed by atoms with E-state index in [0.717, 1.165) is 35.5 Å². The molecule has 44 heavy (non-hydrogen) atoms. The average molecular weight is 607 g/mol. The number of rotatable bonds is 22. The van der Waals surface area contributed by atoms with Crippen LogP contribution in [-0.2, 0) is 23.9 Å². The van der Waals surface area contributed by atoms with Crippen molar-refractivity contribution >= 4 is 29.9 Å². The van der Waals surface area contributed by atoms with Gasteiger partial charge < -0.3 is 18.9 Å². The molecule has 0 aliphatic heterocycles. The minimum atomic E-state index is -0.662. The lowest BCUT2D eigenvalue weighted by Gasteiger charge is -2.15. The number of carbonyl (C=O) groups is 3. The van der Waals surface area contributed by atoms with E-state index in [1.54, 1.807) is 12.2 Å². The predicted molar refractivity (Wildman–Crippen MR) is 175 cm³/mol. The lowest BCUT2D eigenvalue weighted by atomic mass is 10.0. The van der Waals surface area contributed by atoms with Gasteiger partial charge in [-0.1, -0.05) is 90.5 Å². The highest BCUT2D eigenvalue weighted by molar-refractivity contribution is 5.92. The molecule has 0 amide bonds. The molecular formula is C37H50O7. The highest BCUT2D eigenvalue weighted by atomic mass is 16.6. The SMILES string of the molecule is CCCCC(CC)COc1ccc(C=CC(=O)OCC(=O)COC(=O)C=Cc2ccc(OCC(CC)CCCC)cc2)cc1. The smallest absolute Gasteiger partial charge is 0.331 e. The molecule has 7 nitrogen and oxygen atoms in total. The number of hydrogen-bond donors (Lipinski definition) is 0. The van der Waals surface area contributed by atoms with Crippen LogP contribution in [0.15, 0.2) is 60.7 Å². The van der Waals surface area contributed by atoms with Gasteiger partial charge in [0.05, 0.1) is 13.2 Å². The van der Waals surface area contributed by atoms with Crippen molar-refractivity contribution < 1.29 is 33.3 Å². The number of benzene rings is 2. The van der Waals surface area contributed by atoms with Crippen LogP contribution in [0.5, 0.6) is 11.5 Å². The predicted octanol–water partition coefficient (Wildman–Crippen LogP) is 8.26. The van der Waals surface area contributed by atoms with Crippen LogP contribution in [0.4, 0.5) is 0 Å². The Morgan fingerprint density at radius 3 is 1.34 bits per heavy atom. The van der Waals surface area contributed by atoms with E-state index < -0.39 is 30.9 Å². The third kappa shape index (κ3) is 15.6. The molecule has 2 unspecified atom stereocenters. The van der Waals surface area contributed by atoms with Crippen molar-refractivity contribution in [3.05, 3.63) is 71.8 Å². The van der Waals surface area contributed by atoms with Gasteiger partial charge in [-0.2, -0.15) is 0 Å². The molecule has 2 atom stereocenters. The quantitative estimate of drug-likeness (QED) is 0.0985. The highest BCUT2D eigenvalue weighted by Gasteiger charge is 2.10. The Morgan fingerprint density at radius 1 is 0.614 bits per heavy atom. The number of ether oxygens (including phenoxy) is 4. The second kappa shape index (κ2) is 21.8. The summed E-state index contributed by atoms with van der Waals surface area (Å²) in [7, 11) is 0. The van der Waals surface area contributed by atoms with Gasteiger partial charge >= 0.3 is 11.9 Å². The Hall–Kier alpha value is -3.87. The fourth-order valence-electron chi connectivity index (χ4n) is 4.34. The van der Waals surface area contributed by atoms with Gasteiger partial charge in [0.1, 0.15) is 11.5 Å². The Labute approximate surface area is 263 Å². The molecule has 0 radical (unpaired) electrons. The minimum Gasteiger partial charge on any atom is -0.493 e. The zero-order chi connectivity index (χ0) is 32.0. The van der Waals surface area contributed by atoms with Gasteiger partial charge in [0.2, 0.25) is 5.78 Å². The Bertz CT molecular complexity index is 1070. The second-order valence-corrected chi connectivity index (χ2v) is 11.0. The summed E-state index contributed by atoms with van der Waals surface area (Å²) >= 11 is 0. The van der Waals surface area contributed by atoms with E-state index in [0.29, 0.717) is 25.0 Å². The number of esters is 2. The van der Waals surface area contributed by atoms with E-state index in [2.05, 4.69) is 27.7 Å². The number of carbonyl (C=O) groups excluding carboxylic acids is 3. The molecule has 240 valence electrons. The topological polar surface area (TPSA) is 88.1 Å². The summed E-state index contributed by atoms with van der Waals surface area (Å²) < 4.78 is 21.8. The lowest BCUT2D eigenvalue weighted by Crippen LogP contribution is -2.19. The first kappa shape index (κ1) is 36.3. The Kier molecular flexibility index (Phi) is 18.0. The first-order valence-corrected chi connectivity index (χ1v) is 16.0. The third-order valence-corrected chi connectivity index (χ3v) is 7.39. The van der Waals surface area contributed by atoms with Crippen LogP contribution in [0.25, 0.3) is 12.2 Å². The summed E-state index contributed by atoms with van der Waals surface area (Å²) in [4.78, 5) is 36.1. The standard InChI is InChI=1S/C37H50O7/c1-5-9-11-29(7-3)25-41-34-19-13-31(14-20-34)17-23-36(39)43-27-33(38)28-44-37(40)24-18-32-15-21-35(22-16-32)42-26-30(8-4)12-10-6-2/h13-24,29-30H,5-12,25-28H2,1-4H3. The van der Waals surface area contributed by atoms with E-state index in [4.69, 9.17) is 18.9 Å². The van der Waals surface area contributed by atoms with E-state index in [1.165, 1.54) is 50.7 Å². The first-order valence-electron chi connectivity index (χ1n) is 16.0. The van der Waals surface area contributed by atoms with Crippen molar-refractivity contribution in [1.82, 2.24) is 0 Å². The monoisotopic (exact) mass is 606 g/mol. The van der Waals surface area contributed by atoms with Crippen LogP contribution >= 0.6 is 0 Å². The molecule has 0 N–H and O–H groups in total. The van der Waals surface area contributed by atoms with Crippen molar-refractivity contribution in [2.45, 2.75) is 79.1 Å². The minimum absolute atomic E-state index is 0.484. The number of Topliss-reactive ketones (excluding diaryl/α,β-unsaturated/α-hetero) is 1. The average Bonchev–Trinajstić information content (AvgIpc) is 3.05. The molecule has 0 spiro atoms. The maximum absolute atomic E-state index is 12.0. The van der Waals surface area contributed by atoms with Gasteiger partial charge in [0.25, 0.3) is 0 Å². The first-order chi connectivity index (χ1) is 21.4. The summed E-state index contributed by atoms with van der Waals surface area (Å²) in [6.07, 6.45) is 15.0. The molecule has 0 aliphatic rings. The van der Waals surface area contributed by atoms with E-state index in [-0.39, 0.29) is 0 Å². The maximum atomic E-state index is 12.0. The number of ketones is 1. The Morgan fingerprint density at radius 2 is 1.00 bits per heavy atom. The van der Waals surface area contributed by atoms with Crippen molar-refractivity contribution in [1.29, 1.82) is 0 Å². The van der Waals surface area contributed by atoms with Gasteiger partial charge in [-0.05, 0) is 72.2 Å². The molecule has 0 fully saturated rings. The summed E-state index contributed by atoms with van der Waals surface area (Å²) in [5.41, 5.74) is 1.60.